The summed E-state index contributed by atoms with van der Waals surface area (Å²) in [5.74, 6) is -0.682. The number of benzene rings is 3. The largest absolute Gasteiger partial charge is 0.443 e. The molecule has 1 unspecified atom stereocenters. The fraction of sp³-hybridized carbons (Fsp3) is 0.278. The molecule has 1 aromatic heterocycles. The van der Waals surface area contributed by atoms with Gasteiger partial charge in [0, 0.05) is 17.9 Å². The van der Waals surface area contributed by atoms with Gasteiger partial charge < -0.3 is 25.2 Å². The van der Waals surface area contributed by atoms with E-state index in [2.05, 4.69) is 15.6 Å². The number of aliphatic hydroxyl groups is 1. The van der Waals surface area contributed by atoms with E-state index in [1.54, 1.807) is 24.4 Å². The molecule has 2 heterocycles. The van der Waals surface area contributed by atoms with Crippen LogP contribution in [0, 0.1) is 0 Å². The molecule has 4 aromatic rings. The van der Waals surface area contributed by atoms with Crippen LogP contribution in [0.15, 0.2) is 109 Å². The molecule has 3 aromatic carbocycles. The second-order valence-electron chi connectivity index (χ2n) is 11.6. The predicted octanol–water partition coefficient (Wildman–Crippen LogP) is 5.44. The van der Waals surface area contributed by atoms with E-state index in [1.165, 1.54) is 12.1 Å². The number of carbonyl (C=O) groups is 3. The number of nitrogens with zero attached hydrogens (tertiary/aromatic N) is 2. The molecule has 4 atom stereocenters. The Bertz CT molecular complexity index is 1700. The summed E-state index contributed by atoms with van der Waals surface area (Å²) in [4.78, 5) is 44.1. The monoisotopic (exact) mass is 676 g/mol. The van der Waals surface area contributed by atoms with Crippen LogP contribution >= 0.6 is 0 Å². The minimum absolute atomic E-state index is 0.0172. The predicted molar refractivity (Wildman–Crippen MR) is 173 cm³/mol. The number of alkyl halides is 3. The van der Waals surface area contributed by atoms with Gasteiger partial charge in [-0.1, -0.05) is 72.8 Å². The lowest BCUT2D eigenvalue weighted by molar-refractivity contribution is -0.137. The van der Waals surface area contributed by atoms with Crippen molar-refractivity contribution in [1.29, 1.82) is 0 Å². The minimum atomic E-state index is -4.62. The Balaban J connectivity index is 1.29. The van der Waals surface area contributed by atoms with Crippen LogP contribution in [0.2, 0.25) is 0 Å². The number of carbonyl (C=O) groups excluding carboxylic acids is 3. The molecule has 3 N–H and O–H groups in total. The maximum absolute atomic E-state index is 13.5. The van der Waals surface area contributed by atoms with Gasteiger partial charge in [-0.25, -0.2) is 9.59 Å². The quantitative estimate of drug-likeness (QED) is 0.172. The van der Waals surface area contributed by atoms with Gasteiger partial charge in [-0.15, -0.1) is 0 Å². The normalized spacial score (nSPS) is 16.3. The fourth-order valence-corrected chi connectivity index (χ4v) is 5.47. The smallest absolute Gasteiger partial charge is 0.416 e. The molecule has 1 saturated heterocycles. The topological polar surface area (TPSA) is 130 Å². The number of pyridine rings is 1. The summed E-state index contributed by atoms with van der Waals surface area (Å²) in [5, 5.41) is 17.1. The average molecular weight is 677 g/mol. The summed E-state index contributed by atoms with van der Waals surface area (Å²) in [5.41, 5.74) is 1.23. The Morgan fingerprint density at radius 2 is 1.59 bits per heavy atom. The average Bonchev–Trinajstić information content (AvgIpc) is 3.49. The maximum Gasteiger partial charge on any atom is 0.416 e. The van der Waals surface area contributed by atoms with E-state index >= 15 is 0 Å². The molecule has 1 aliphatic rings. The van der Waals surface area contributed by atoms with Crippen molar-refractivity contribution in [2.45, 2.75) is 56.3 Å². The molecule has 13 heteroatoms. The van der Waals surface area contributed by atoms with Crippen LogP contribution in [-0.4, -0.2) is 59.0 Å². The van der Waals surface area contributed by atoms with Gasteiger partial charge in [-0.05, 0) is 60.7 Å². The van der Waals surface area contributed by atoms with Gasteiger partial charge in [0.15, 0.2) is 6.10 Å². The summed E-state index contributed by atoms with van der Waals surface area (Å²) in [6.45, 7) is -0.391. The Kier molecular flexibility index (Phi) is 11.5. The highest BCUT2D eigenvalue weighted by atomic mass is 19.4. The zero-order valence-corrected chi connectivity index (χ0v) is 26.3. The van der Waals surface area contributed by atoms with Gasteiger partial charge in [0.2, 0.25) is 0 Å². The van der Waals surface area contributed by atoms with Crippen LogP contribution in [0.25, 0.3) is 0 Å². The minimum Gasteiger partial charge on any atom is -0.443 e. The molecule has 49 heavy (non-hydrogen) atoms. The molecule has 0 bridgehead atoms. The molecule has 256 valence electrons. The number of nitrogens with one attached hydrogen (secondary N) is 2. The van der Waals surface area contributed by atoms with E-state index in [0.717, 1.165) is 28.2 Å². The molecule has 0 spiro atoms. The molecule has 0 aliphatic carbocycles. The summed E-state index contributed by atoms with van der Waals surface area (Å²) in [6.07, 6.45) is -6.75. The third-order valence-corrected chi connectivity index (χ3v) is 7.93. The van der Waals surface area contributed by atoms with Gasteiger partial charge in [0.05, 0.1) is 29.9 Å². The highest BCUT2D eigenvalue weighted by Gasteiger charge is 2.39. The Morgan fingerprint density at radius 1 is 0.918 bits per heavy atom. The number of hydrogen-bond acceptors (Lipinski definition) is 7. The van der Waals surface area contributed by atoms with Crippen LogP contribution in [0.1, 0.15) is 28.8 Å². The molecular weight excluding hydrogens is 641 g/mol. The standard InChI is InChI=1S/C36H35F3N4O6/c37-36(38,39)26-14-9-16-29(20-26)43-22-32(49-35(43)47)33(45)41-28(18-24-10-3-1-4-11-24)21-31(44)30(19-25-12-5-2-6-13-25)42-34(46)48-23-27-15-7-8-17-40-27/h1-17,20,28,30-32,44H,18-19,21-23H2,(H,41,45)(H,42,46)/t28-,30-,31?,32-/m0/s1. The molecule has 0 saturated carbocycles. The van der Waals surface area contributed by atoms with E-state index < -0.39 is 54.1 Å². The molecule has 10 nitrogen and oxygen atoms in total. The summed E-state index contributed by atoms with van der Waals surface area (Å²) < 4.78 is 50.5. The first-order chi connectivity index (χ1) is 23.5. The number of alkyl carbamates (subject to hydrolysis) is 1. The Labute approximate surface area is 280 Å². The summed E-state index contributed by atoms with van der Waals surface area (Å²) >= 11 is 0. The number of cyclic esters (lactones) is 1. The second kappa shape index (κ2) is 16.1. The van der Waals surface area contributed by atoms with Gasteiger partial charge in [-0.2, -0.15) is 13.2 Å². The molecule has 3 amide bonds. The van der Waals surface area contributed by atoms with Gasteiger partial charge in [0.25, 0.3) is 5.91 Å². The third-order valence-electron chi connectivity index (χ3n) is 7.93. The van der Waals surface area contributed by atoms with Crippen LogP contribution in [0.5, 0.6) is 0 Å². The fourth-order valence-electron chi connectivity index (χ4n) is 5.47. The first-order valence-corrected chi connectivity index (χ1v) is 15.6. The van der Waals surface area contributed by atoms with Crippen molar-refractivity contribution < 1.29 is 42.1 Å². The zero-order chi connectivity index (χ0) is 34.8. The summed E-state index contributed by atoms with van der Waals surface area (Å²) in [6, 6.07) is 26.3. The van der Waals surface area contributed by atoms with Gasteiger partial charge >= 0.3 is 18.4 Å². The molecule has 5 rings (SSSR count). The summed E-state index contributed by atoms with van der Waals surface area (Å²) in [7, 11) is 0. The lowest BCUT2D eigenvalue weighted by Gasteiger charge is -2.28. The number of halogens is 3. The van der Waals surface area contributed by atoms with E-state index in [-0.39, 0.29) is 38.1 Å². The van der Waals surface area contributed by atoms with Gasteiger partial charge in [0.1, 0.15) is 6.61 Å². The number of amides is 3. The van der Waals surface area contributed by atoms with Crippen molar-refractivity contribution in [2.24, 2.45) is 0 Å². The zero-order valence-electron chi connectivity index (χ0n) is 26.3. The van der Waals surface area contributed by atoms with Crippen LogP contribution < -0.4 is 15.5 Å². The Hall–Kier alpha value is -5.43. The molecule has 0 radical (unpaired) electrons. The molecular formula is C36H35F3N4O6. The van der Waals surface area contributed by atoms with Crippen molar-refractivity contribution in [3.8, 4) is 0 Å². The van der Waals surface area contributed by atoms with Crippen molar-refractivity contribution >= 4 is 23.8 Å². The highest BCUT2D eigenvalue weighted by molar-refractivity contribution is 5.95. The number of anilines is 1. The second-order valence-corrected chi connectivity index (χ2v) is 11.6. The highest BCUT2D eigenvalue weighted by Crippen LogP contribution is 2.33. The van der Waals surface area contributed by atoms with Crippen LogP contribution in [0.3, 0.4) is 0 Å². The van der Waals surface area contributed by atoms with Crippen molar-refractivity contribution in [1.82, 2.24) is 15.6 Å². The number of rotatable bonds is 13. The molecule has 1 fully saturated rings. The third kappa shape index (κ3) is 10.0. The number of aliphatic hydroxyl groups excluding tert-OH is 1. The van der Waals surface area contributed by atoms with E-state index in [4.69, 9.17) is 9.47 Å². The van der Waals surface area contributed by atoms with E-state index in [9.17, 15) is 32.7 Å². The van der Waals surface area contributed by atoms with E-state index in [1.807, 2.05) is 60.7 Å². The lowest BCUT2D eigenvalue weighted by Crippen LogP contribution is -2.50. The van der Waals surface area contributed by atoms with Gasteiger partial charge in [-0.3, -0.25) is 14.7 Å². The number of hydrogen-bond donors (Lipinski definition) is 3. The Morgan fingerprint density at radius 3 is 2.24 bits per heavy atom. The van der Waals surface area contributed by atoms with Crippen molar-refractivity contribution in [2.75, 3.05) is 11.4 Å². The van der Waals surface area contributed by atoms with Crippen molar-refractivity contribution in [3.63, 3.8) is 0 Å². The number of aromatic nitrogens is 1. The molecule has 1 aliphatic heterocycles. The first kappa shape index (κ1) is 34.9. The van der Waals surface area contributed by atoms with Crippen LogP contribution in [-0.2, 0) is 39.9 Å². The van der Waals surface area contributed by atoms with Crippen LogP contribution in [0.4, 0.5) is 28.4 Å². The SMILES string of the molecule is O=C(N[C@@H](Cc1ccccc1)C(O)C[C@H](Cc1ccccc1)NC(=O)[C@@H]1CN(c2cccc(C(F)(F)F)c2)C(=O)O1)OCc1ccccn1. The lowest BCUT2D eigenvalue weighted by atomic mass is 9.93. The first-order valence-electron chi connectivity index (χ1n) is 15.6. The maximum atomic E-state index is 13.5. The van der Waals surface area contributed by atoms with Crippen molar-refractivity contribution in [3.05, 3.63) is 132 Å². The number of ether oxygens (including phenoxy) is 2. The van der Waals surface area contributed by atoms with E-state index in [0.29, 0.717) is 5.69 Å².